The molecule has 1 atom stereocenters. The second kappa shape index (κ2) is 9.68. The van der Waals surface area contributed by atoms with Crippen LogP contribution in [0.15, 0.2) is 78.2 Å². The van der Waals surface area contributed by atoms with Gasteiger partial charge in [-0.1, -0.05) is 49.4 Å². The van der Waals surface area contributed by atoms with Gasteiger partial charge in [0.1, 0.15) is 23.1 Å². The van der Waals surface area contributed by atoms with Gasteiger partial charge in [0, 0.05) is 16.5 Å². The molecule has 6 nitrogen and oxygen atoms in total. The Morgan fingerprint density at radius 3 is 2.63 bits per heavy atom. The molecule has 8 heteroatoms. The number of hydrogen-bond donors (Lipinski definition) is 1. The lowest BCUT2D eigenvalue weighted by Crippen LogP contribution is -2.48. The van der Waals surface area contributed by atoms with Crippen LogP contribution >= 0.6 is 11.3 Å². The van der Waals surface area contributed by atoms with Gasteiger partial charge in [-0.25, -0.2) is 9.37 Å². The first-order chi connectivity index (χ1) is 17.0. The molecule has 4 aromatic rings. The van der Waals surface area contributed by atoms with E-state index in [2.05, 4.69) is 5.32 Å². The molecule has 2 amide bonds. The molecule has 3 aromatic carbocycles. The van der Waals surface area contributed by atoms with Crippen LogP contribution in [0.4, 0.5) is 15.8 Å². The molecule has 0 fully saturated rings. The van der Waals surface area contributed by atoms with Crippen LogP contribution in [0.2, 0.25) is 0 Å². The summed E-state index contributed by atoms with van der Waals surface area (Å²) in [7, 11) is 0. The van der Waals surface area contributed by atoms with Crippen LogP contribution in [0.1, 0.15) is 13.3 Å². The van der Waals surface area contributed by atoms with Crippen LogP contribution in [0.3, 0.4) is 0 Å². The van der Waals surface area contributed by atoms with Gasteiger partial charge in [0.15, 0.2) is 6.10 Å². The lowest BCUT2D eigenvalue weighted by atomic mass is 10.1. The first kappa shape index (κ1) is 22.7. The van der Waals surface area contributed by atoms with E-state index in [9.17, 15) is 14.0 Å². The topological polar surface area (TPSA) is 71.5 Å². The number of carbonyl (C=O) groups is 2. The number of nitrogens with one attached hydrogen (secondary N) is 1. The van der Waals surface area contributed by atoms with Crippen molar-refractivity contribution in [3.63, 3.8) is 0 Å². The van der Waals surface area contributed by atoms with E-state index in [1.807, 2.05) is 48.7 Å². The minimum absolute atomic E-state index is 0.0649. The van der Waals surface area contributed by atoms with Crippen molar-refractivity contribution < 1.29 is 18.7 Å². The van der Waals surface area contributed by atoms with Gasteiger partial charge in [-0.15, -0.1) is 11.3 Å². The Labute approximate surface area is 206 Å². The van der Waals surface area contributed by atoms with E-state index in [0.29, 0.717) is 17.9 Å². The van der Waals surface area contributed by atoms with Crippen molar-refractivity contribution in [3.8, 4) is 27.6 Å². The van der Waals surface area contributed by atoms with E-state index in [1.165, 1.54) is 28.4 Å². The van der Waals surface area contributed by atoms with Crippen LogP contribution in [0, 0.1) is 5.82 Å². The zero-order chi connectivity index (χ0) is 24.4. The van der Waals surface area contributed by atoms with Crippen molar-refractivity contribution in [1.29, 1.82) is 0 Å². The lowest BCUT2D eigenvalue weighted by Gasteiger charge is -2.34. The Hall–Kier alpha value is -4.04. The Bertz CT molecular complexity index is 1390. The fourth-order valence-corrected chi connectivity index (χ4v) is 4.76. The first-order valence-corrected chi connectivity index (χ1v) is 12.1. The second-order valence-corrected chi connectivity index (χ2v) is 8.91. The molecular formula is C27H22FN3O3S. The number of benzene rings is 3. The van der Waals surface area contributed by atoms with E-state index in [0.717, 1.165) is 21.8 Å². The normalized spacial score (nSPS) is 14.9. The fraction of sp³-hybridized carbons (Fsp3) is 0.148. The molecule has 0 saturated heterocycles. The maximum absolute atomic E-state index is 14.0. The maximum Gasteiger partial charge on any atom is 0.268 e. The van der Waals surface area contributed by atoms with Gasteiger partial charge in [0.25, 0.3) is 5.91 Å². The highest BCUT2D eigenvalue weighted by molar-refractivity contribution is 7.13. The predicted molar refractivity (Wildman–Crippen MR) is 135 cm³/mol. The van der Waals surface area contributed by atoms with E-state index in [-0.39, 0.29) is 18.1 Å². The molecule has 0 bridgehead atoms. The number of nitrogens with zero attached hydrogens (tertiary/aromatic N) is 2. The van der Waals surface area contributed by atoms with Crippen molar-refractivity contribution >= 4 is 34.5 Å². The van der Waals surface area contributed by atoms with Gasteiger partial charge in [-0.2, -0.15) is 0 Å². The lowest BCUT2D eigenvalue weighted by molar-refractivity contribution is -0.128. The van der Waals surface area contributed by atoms with Crippen LogP contribution in [-0.4, -0.2) is 29.4 Å². The number of aromatic nitrogens is 1. The molecule has 2 heterocycles. The summed E-state index contributed by atoms with van der Waals surface area (Å²) in [5, 5.41) is 5.40. The van der Waals surface area contributed by atoms with Gasteiger partial charge in [-0.05, 0) is 36.8 Å². The molecule has 35 heavy (non-hydrogen) atoms. The zero-order valence-electron chi connectivity index (χ0n) is 18.9. The van der Waals surface area contributed by atoms with Crippen LogP contribution in [0.25, 0.3) is 21.8 Å². The van der Waals surface area contributed by atoms with Gasteiger partial charge >= 0.3 is 0 Å². The summed E-state index contributed by atoms with van der Waals surface area (Å²) in [5.41, 5.74) is 3.13. The van der Waals surface area contributed by atoms with E-state index in [4.69, 9.17) is 9.72 Å². The van der Waals surface area contributed by atoms with Gasteiger partial charge in [0.2, 0.25) is 5.91 Å². The molecular weight excluding hydrogens is 465 g/mol. The highest BCUT2D eigenvalue weighted by atomic mass is 32.1. The maximum atomic E-state index is 14.0. The highest BCUT2D eigenvalue weighted by Crippen LogP contribution is 2.39. The number of fused-ring (bicyclic) bond motifs is 1. The third-order valence-corrected chi connectivity index (χ3v) is 6.59. The van der Waals surface area contributed by atoms with E-state index in [1.54, 1.807) is 24.3 Å². The van der Waals surface area contributed by atoms with Crippen molar-refractivity contribution in [1.82, 2.24) is 4.98 Å². The summed E-state index contributed by atoms with van der Waals surface area (Å²) in [5.74, 6) is -0.848. The molecule has 0 saturated carbocycles. The predicted octanol–water partition coefficient (Wildman–Crippen LogP) is 5.76. The molecule has 0 radical (unpaired) electrons. The Balaban J connectivity index is 1.45. The summed E-state index contributed by atoms with van der Waals surface area (Å²) in [6.07, 6.45) is -0.239. The molecule has 1 aliphatic heterocycles. The number of ether oxygens (including phenoxy) is 1. The third kappa shape index (κ3) is 4.65. The van der Waals surface area contributed by atoms with Gasteiger partial charge < -0.3 is 10.1 Å². The molecule has 1 unspecified atom stereocenters. The van der Waals surface area contributed by atoms with E-state index < -0.39 is 17.8 Å². The number of halogens is 1. The van der Waals surface area contributed by atoms with E-state index >= 15 is 0 Å². The SMILES string of the molecule is CCC1Oc2ccc(-c3csc(-c4ccccc4)n3)cc2N(CC(=O)Nc2ccccc2F)C1=O. The number of hydrogen-bond acceptors (Lipinski definition) is 5. The molecule has 176 valence electrons. The molecule has 1 aliphatic rings. The average molecular weight is 488 g/mol. The number of thiazole rings is 1. The monoisotopic (exact) mass is 487 g/mol. The Kier molecular flexibility index (Phi) is 6.29. The Morgan fingerprint density at radius 2 is 1.86 bits per heavy atom. The minimum Gasteiger partial charge on any atom is -0.478 e. The number of anilines is 2. The van der Waals surface area contributed by atoms with Crippen LogP contribution in [-0.2, 0) is 9.59 Å². The summed E-state index contributed by atoms with van der Waals surface area (Å²) < 4.78 is 19.9. The van der Waals surface area contributed by atoms with Crippen molar-refractivity contribution in [2.24, 2.45) is 0 Å². The summed E-state index contributed by atoms with van der Waals surface area (Å²) in [4.78, 5) is 32.1. The standard InChI is InChI=1S/C27H22FN3O3S/c1-2-23-27(33)31(15-25(32)29-20-11-7-6-10-19(20)28)22-14-18(12-13-24(22)34-23)21-16-35-26(30-21)17-8-4-3-5-9-17/h3-14,16,23H,2,15H2,1H3,(H,29,32). The minimum atomic E-state index is -0.696. The Morgan fingerprint density at radius 1 is 1.09 bits per heavy atom. The molecule has 1 aromatic heterocycles. The first-order valence-electron chi connectivity index (χ1n) is 11.2. The highest BCUT2D eigenvalue weighted by Gasteiger charge is 2.35. The molecule has 0 spiro atoms. The second-order valence-electron chi connectivity index (χ2n) is 8.05. The largest absolute Gasteiger partial charge is 0.478 e. The number of carbonyl (C=O) groups excluding carboxylic acids is 2. The zero-order valence-corrected chi connectivity index (χ0v) is 19.7. The molecule has 5 rings (SSSR count). The number of para-hydroxylation sites is 1. The third-order valence-electron chi connectivity index (χ3n) is 5.70. The summed E-state index contributed by atoms with van der Waals surface area (Å²) in [6.45, 7) is 1.58. The van der Waals surface area contributed by atoms with Crippen molar-refractivity contribution in [2.45, 2.75) is 19.4 Å². The average Bonchev–Trinajstić information content (AvgIpc) is 3.38. The fourth-order valence-electron chi connectivity index (χ4n) is 3.92. The van der Waals surface area contributed by atoms with Gasteiger partial charge in [-0.3, -0.25) is 14.5 Å². The number of amides is 2. The molecule has 0 aliphatic carbocycles. The van der Waals surface area contributed by atoms with Crippen LogP contribution in [0.5, 0.6) is 5.75 Å². The van der Waals surface area contributed by atoms with Crippen molar-refractivity contribution in [3.05, 3.63) is 84.0 Å². The number of rotatable bonds is 6. The quantitative estimate of drug-likeness (QED) is 0.375. The van der Waals surface area contributed by atoms with Crippen LogP contribution < -0.4 is 15.0 Å². The van der Waals surface area contributed by atoms with Gasteiger partial charge in [0.05, 0.1) is 17.1 Å². The molecule has 1 N–H and O–H groups in total. The summed E-state index contributed by atoms with van der Waals surface area (Å²) in [6, 6.07) is 21.3. The van der Waals surface area contributed by atoms with Crippen molar-refractivity contribution in [2.75, 3.05) is 16.8 Å². The summed E-state index contributed by atoms with van der Waals surface area (Å²) >= 11 is 1.53. The smallest absolute Gasteiger partial charge is 0.268 e.